The van der Waals surface area contributed by atoms with Crippen LogP contribution in [0, 0.1) is 0 Å². The average Bonchev–Trinajstić information content (AvgIpc) is 3.37. The molecule has 402 valence electrons. The quantitative estimate of drug-likeness (QED) is 0.0261. The highest BCUT2D eigenvalue weighted by atomic mass is 16.6. The summed E-state index contributed by atoms with van der Waals surface area (Å²) in [4.78, 5) is 38.0. The Morgan fingerprint density at radius 3 is 0.944 bits per heavy atom. The number of unbranched alkanes of at least 4 members (excludes halogenated alkanes) is 20. The largest absolute Gasteiger partial charge is 0.462 e. The average molecular weight is 984 g/mol. The zero-order valence-electron chi connectivity index (χ0n) is 45.9. The minimum Gasteiger partial charge on any atom is -0.462 e. The monoisotopic (exact) mass is 983 g/mol. The minimum atomic E-state index is -0.806. The molecule has 0 amide bonds. The first kappa shape index (κ1) is 66.8. The molecule has 1 atom stereocenters. The van der Waals surface area contributed by atoms with Crippen LogP contribution >= 0.6 is 0 Å². The van der Waals surface area contributed by atoms with Crippen molar-refractivity contribution in [1.82, 2.24) is 0 Å². The molecule has 0 heterocycles. The van der Waals surface area contributed by atoms with Gasteiger partial charge in [0.05, 0.1) is 0 Å². The molecule has 0 aromatic rings. The van der Waals surface area contributed by atoms with Gasteiger partial charge in [-0.05, 0) is 109 Å². The SMILES string of the molecule is CC/C=C\C/C=C\C/C=C\C/C=C\C/C=C\C/C=C\C/C=C\C/C=C\C/C=C\CCCC(=O)OCC(COC(=O)CCCCCCCCCCCCC)OC(=O)CCCCCCC/C=C\CCCCCC. The summed E-state index contributed by atoms with van der Waals surface area (Å²) in [6, 6.07) is 0. The Bertz CT molecular complexity index is 1500. The van der Waals surface area contributed by atoms with E-state index in [2.05, 4.69) is 142 Å². The van der Waals surface area contributed by atoms with Crippen molar-refractivity contribution in [3.05, 3.63) is 122 Å². The number of hydrogen-bond donors (Lipinski definition) is 0. The van der Waals surface area contributed by atoms with E-state index in [0.717, 1.165) is 116 Å². The molecule has 0 aliphatic rings. The molecule has 0 aromatic heterocycles. The lowest BCUT2D eigenvalue weighted by Crippen LogP contribution is -2.30. The molecule has 0 fully saturated rings. The number of carbonyl (C=O) groups excluding carboxylic acids is 3. The van der Waals surface area contributed by atoms with Crippen molar-refractivity contribution >= 4 is 17.9 Å². The van der Waals surface area contributed by atoms with Gasteiger partial charge < -0.3 is 14.2 Å². The fourth-order valence-corrected chi connectivity index (χ4v) is 7.61. The van der Waals surface area contributed by atoms with E-state index in [1.165, 1.54) is 89.9 Å². The maximum Gasteiger partial charge on any atom is 0.306 e. The van der Waals surface area contributed by atoms with Gasteiger partial charge in [-0.1, -0.05) is 245 Å². The van der Waals surface area contributed by atoms with Gasteiger partial charge in [0.2, 0.25) is 0 Å². The Labute approximate surface area is 437 Å². The molecule has 0 aromatic carbocycles. The van der Waals surface area contributed by atoms with Crippen LogP contribution in [0.4, 0.5) is 0 Å². The standard InChI is InChI=1S/C65H106O6/c1-4-7-10-13-16-19-22-24-25-26-27-28-29-30-31-32-33-34-35-36-37-38-39-41-43-46-49-52-55-58-64(67)70-61-62(60-69-63(66)57-54-51-48-45-42-21-18-15-12-9-6-3)71-65(68)59-56-53-50-47-44-40-23-20-17-14-11-8-5-2/h7,10,16,19-20,23-25,27-28,30-31,33-34,36-37,39,41,46,49,62H,4-6,8-9,11-15,17-18,21-22,26,29,32,35,38,40,42-45,47-48,50-61H2,1-3H3/b10-7-,19-16-,23-20-,25-24-,28-27-,31-30-,34-33-,37-36-,41-39-,49-46-. The van der Waals surface area contributed by atoms with Crippen molar-refractivity contribution in [3.8, 4) is 0 Å². The van der Waals surface area contributed by atoms with Crippen LogP contribution in [0.25, 0.3) is 0 Å². The number of carbonyl (C=O) groups is 3. The molecule has 0 N–H and O–H groups in total. The summed E-state index contributed by atoms with van der Waals surface area (Å²) in [6.45, 7) is 6.44. The molecule has 1 unspecified atom stereocenters. The van der Waals surface area contributed by atoms with E-state index < -0.39 is 6.10 Å². The summed E-state index contributed by atoms with van der Waals surface area (Å²) < 4.78 is 16.8. The molecule has 0 radical (unpaired) electrons. The minimum absolute atomic E-state index is 0.0997. The van der Waals surface area contributed by atoms with Gasteiger partial charge in [0.25, 0.3) is 0 Å². The smallest absolute Gasteiger partial charge is 0.306 e. The Morgan fingerprint density at radius 2 is 0.563 bits per heavy atom. The summed E-state index contributed by atoms with van der Waals surface area (Å²) in [5, 5.41) is 0. The lowest BCUT2D eigenvalue weighted by atomic mass is 10.1. The number of esters is 3. The van der Waals surface area contributed by atoms with Crippen molar-refractivity contribution in [2.24, 2.45) is 0 Å². The van der Waals surface area contributed by atoms with Crippen LogP contribution in [0.3, 0.4) is 0 Å². The first-order chi connectivity index (χ1) is 35.0. The summed E-state index contributed by atoms with van der Waals surface area (Å²) in [5.41, 5.74) is 0. The predicted octanol–water partition coefficient (Wildman–Crippen LogP) is 19.6. The Hall–Kier alpha value is -4.19. The van der Waals surface area contributed by atoms with Crippen molar-refractivity contribution in [2.45, 2.75) is 258 Å². The van der Waals surface area contributed by atoms with Crippen LogP contribution in [0.1, 0.15) is 252 Å². The van der Waals surface area contributed by atoms with Crippen molar-refractivity contribution in [1.29, 1.82) is 0 Å². The summed E-state index contributed by atoms with van der Waals surface area (Å²) in [5.74, 6) is -0.974. The molecule has 6 nitrogen and oxygen atoms in total. The molecule has 0 rings (SSSR count). The fraction of sp³-hybridized carbons (Fsp3) is 0.646. The van der Waals surface area contributed by atoms with Crippen molar-refractivity contribution < 1.29 is 28.6 Å². The highest BCUT2D eigenvalue weighted by Gasteiger charge is 2.19. The van der Waals surface area contributed by atoms with Gasteiger partial charge in [-0.15, -0.1) is 0 Å². The highest BCUT2D eigenvalue weighted by Crippen LogP contribution is 2.14. The van der Waals surface area contributed by atoms with E-state index in [1.54, 1.807) is 0 Å². The van der Waals surface area contributed by atoms with Gasteiger partial charge in [0.15, 0.2) is 6.10 Å². The van der Waals surface area contributed by atoms with E-state index >= 15 is 0 Å². The van der Waals surface area contributed by atoms with Gasteiger partial charge in [-0.25, -0.2) is 0 Å². The molecule has 6 heteroatoms. The maximum absolute atomic E-state index is 12.8. The molecule has 0 aliphatic carbocycles. The van der Waals surface area contributed by atoms with Gasteiger partial charge in [-0.2, -0.15) is 0 Å². The van der Waals surface area contributed by atoms with Crippen LogP contribution in [0.5, 0.6) is 0 Å². The van der Waals surface area contributed by atoms with E-state index in [1.807, 2.05) is 0 Å². The Balaban J connectivity index is 4.39. The third-order valence-corrected chi connectivity index (χ3v) is 12.0. The first-order valence-corrected chi connectivity index (χ1v) is 29.0. The van der Waals surface area contributed by atoms with Gasteiger partial charge >= 0.3 is 17.9 Å². The molecule has 0 spiro atoms. The van der Waals surface area contributed by atoms with Gasteiger partial charge in [0.1, 0.15) is 13.2 Å². The van der Waals surface area contributed by atoms with Crippen LogP contribution < -0.4 is 0 Å². The zero-order valence-corrected chi connectivity index (χ0v) is 45.9. The third kappa shape index (κ3) is 56.6. The molecule has 71 heavy (non-hydrogen) atoms. The molecule has 0 aliphatic heterocycles. The van der Waals surface area contributed by atoms with Crippen LogP contribution in [0.15, 0.2) is 122 Å². The van der Waals surface area contributed by atoms with Gasteiger partial charge in [-0.3, -0.25) is 14.4 Å². The second-order valence-electron chi connectivity index (χ2n) is 18.8. The van der Waals surface area contributed by atoms with E-state index in [9.17, 15) is 14.4 Å². The van der Waals surface area contributed by atoms with Crippen LogP contribution in [-0.4, -0.2) is 37.2 Å². The van der Waals surface area contributed by atoms with Crippen molar-refractivity contribution in [3.63, 3.8) is 0 Å². The second kappa shape index (κ2) is 58.4. The van der Waals surface area contributed by atoms with Gasteiger partial charge in [0, 0.05) is 19.3 Å². The van der Waals surface area contributed by atoms with E-state index in [-0.39, 0.29) is 37.5 Å². The zero-order chi connectivity index (χ0) is 51.4. The summed E-state index contributed by atoms with van der Waals surface area (Å²) in [7, 11) is 0. The fourth-order valence-electron chi connectivity index (χ4n) is 7.61. The van der Waals surface area contributed by atoms with Crippen molar-refractivity contribution in [2.75, 3.05) is 13.2 Å². The summed E-state index contributed by atoms with van der Waals surface area (Å²) in [6.07, 6.45) is 80.6. The Morgan fingerprint density at radius 1 is 0.296 bits per heavy atom. The topological polar surface area (TPSA) is 78.9 Å². The third-order valence-electron chi connectivity index (χ3n) is 12.0. The van der Waals surface area contributed by atoms with E-state index in [4.69, 9.17) is 14.2 Å². The molecular weight excluding hydrogens is 877 g/mol. The Kier molecular flexibility index (Phi) is 54.9. The predicted molar refractivity (Wildman–Crippen MR) is 306 cm³/mol. The van der Waals surface area contributed by atoms with Crippen LogP contribution in [0.2, 0.25) is 0 Å². The number of ether oxygens (including phenoxy) is 3. The number of hydrogen-bond acceptors (Lipinski definition) is 6. The highest BCUT2D eigenvalue weighted by molar-refractivity contribution is 5.71. The number of allylic oxidation sites excluding steroid dienone is 20. The molecule has 0 saturated carbocycles. The maximum atomic E-state index is 12.8. The van der Waals surface area contributed by atoms with E-state index in [0.29, 0.717) is 19.3 Å². The number of rotatable bonds is 51. The van der Waals surface area contributed by atoms with Crippen LogP contribution in [-0.2, 0) is 28.6 Å². The first-order valence-electron chi connectivity index (χ1n) is 29.0. The molecule has 0 saturated heterocycles. The normalized spacial score (nSPS) is 13.0. The summed E-state index contributed by atoms with van der Waals surface area (Å²) >= 11 is 0. The molecule has 0 bridgehead atoms. The lowest BCUT2D eigenvalue weighted by Gasteiger charge is -2.18. The molecular formula is C65H106O6. The lowest BCUT2D eigenvalue weighted by molar-refractivity contribution is -0.167. The second-order valence-corrected chi connectivity index (χ2v) is 18.8.